The minimum absolute atomic E-state index is 0.0173. The maximum Gasteiger partial charge on any atom is 0.332 e. The molecule has 23 heavy (non-hydrogen) atoms. The van der Waals surface area contributed by atoms with Gasteiger partial charge in [-0.05, 0) is 18.6 Å². The number of carbonyl (C=O) groups excluding carboxylic acids is 1. The highest BCUT2D eigenvalue weighted by molar-refractivity contribution is 5.95. The van der Waals surface area contributed by atoms with Gasteiger partial charge in [0.1, 0.15) is 11.3 Å². The molecule has 0 atom stereocenters. The Hall–Kier alpha value is -2.97. The van der Waals surface area contributed by atoms with Crippen LogP contribution >= 0.6 is 0 Å². The van der Waals surface area contributed by atoms with E-state index in [2.05, 4.69) is 10.3 Å². The van der Waals surface area contributed by atoms with E-state index in [1.165, 1.54) is 24.7 Å². The molecule has 0 aliphatic carbocycles. The third kappa shape index (κ3) is 2.98. The fourth-order valence-corrected chi connectivity index (χ4v) is 2.22. The van der Waals surface area contributed by atoms with Crippen molar-refractivity contribution < 1.29 is 14.7 Å². The number of aliphatic carboxylic acids is 1. The van der Waals surface area contributed by atoms with Crippen LogP contribution in [0.3, 0.4) is 0 Å². The Morgan fingerprint density at radius 1 is 1.26 bits per heavy atom. The van der Waals surface area contributed by atoms with Gasteiger partial charge in [0.15, 0.2) is 0 Å². The number of aryl methyl sites for hydroxylation is 2. The van der Waals surface area contributed by atoms with Gasteiger partial charge in [-0.25, -0.2) is 9.78 Å². The molecule has 1 amide bonds. The Morgan fingerprint density at radius 2 is 1.91 bits per heavy atom. The van der Waals surface area contributed by atoms with Gasteiger partial charge in [-0.1, -0.05) is 0 Å². The Morgan fingerprint density at radius 3 is 2.52 bits per heavy atom. The van der Waals surface area contributed by atoms with E-state index in [0.29, 0.717) is 5.56 Å². The summed E-state index contributed by atoms with van der Waals surface area (Å²) in [6.07, 6.45) is -0.211. The van der Waals surface area contributed by atoms with Crippen molar-refractivity contribution in [2.75, 3.05) is 6.54 Å². The van der Waals surface area contributed by atoms with E-state index >= 15 is 0 Å². The van der Waals surface area contributed by atoms with Crippen molar-refractivity contribution in [3.8, 4) is 0 Å². The zero-order valence-electron chi connectivity index (χ0n) is 12.9. The van der Waals surface area contributed by atoms with E-state index < -0.39 is 23.1 Å². The van der Waals surface area contributed by atoms with Crippen molar-refractivity contribution in [2.45, 2.75) is 13.3 Å². The van der Waals surface area contributed by atoms with Crippen LogP contribution < -0.4 is 16.6 Å². The summed E-state index contributed by atoms with van der Waals surface area (Å²) in [4.78, 5) is 50.7. The average Bonchev–Trinajstić information content (AvgIpc) is 2.49. The topological polar surface area (TPSA) is 123 Å². The van der Waals surface area contributed by atoms with E-state index in [9.17, 15) is 19.2 Å². The first-order chi connectivity index (χ1) is 10.7. The number of nitrogens with one attached hydrogen (secondary N) is 1. The van der Waals surface area contributed by atoms with E-state index in [0.717, 1.165) is 4.57 Å². The zero-order chi connectivity index (χ0) is 17.3. The van der Waals surface area contributed by atoms with Crippen molar-refractivity contribution in [2.24, 2.45) is 14.1 Å². The second-order valence-corrected chi connectivity index (χ2v) is 5.13. The van der Waals surface area contributed by atoms with Crippen LogP contribution in [-0.2, 0) is 18.9 Å². The van der Waals surface area contributed by atoms with Crippen molar-refractivity contribution in [1.29, 1.82) is 0 Å². The molecule has 2 aromatic heterocycles. The van der Waals surface area contributed by atoms with Crippen LogP contribution in [0.25, 0.3) is 11.0 Å². The molecular formula is C14H16N4O5. The van der Waals surface area contributed by atoms with Crippen molar-refractivity contribution in [1.82, 2.24) is 19.4 Å². The fraction of sp³-hybridized carbons (Fsp3) is 0.357. The van der Waals surface area contributed by atoms with Gasteiger partial charge in [-0.2, -0.15) is 0 Å². The number of carbonyl (C=O) groups is 2. The molecule has 9 heteroatoms. The minimum Gasteiger partial charge on any atom is -0.481 e. The molecule has 0 unspecified atom stereocenters. The van der Waals surface area contributed by atoms with E-state index in [1.807, 2.05) is 0 Å². The summed E-state index contributed by atoms with van der Waals surface area (Å²) in [5.74, 6) is -1.59. The first-order valence-electron chi connectivity index (χ1n) is 6.81. The largest absolute Gasteiger partial charge is 0.481 e. The third-order valence-corrected chi connectivity index (χ3v) is 3.46. The third-order valence-electron chi connectivity index (χ3n) is 3.46. The molecule has 0 aliphatic rings. The number of hydrogen-bond acceptors (Lipinski definition) is 5. The van der Waals surface area contributed by atoms with Gasteiger partial charge < -0.3 is 10.4 Å². The van der Waals surface area contributed by atoms with Crippen LogP contribution in [0.5, 0.6) is 0 Å². The van der Waals surface area contributed by atoms with Gasteiger partial charge in [0.2, 0.25) is 0 Å². The van der Waals surface area contributed by atoms with E-state index in [1.54, 1.807) is 6.92 Å². The highest BCUT2D eigenvalue weighted by Gasteiger charge is 2.16. The highest BCUT2D eigenvalue weighted by Crippen LogP contribution is 2.12. The maximum absolute atomic E-state index is 12.2. The normalized spacial score (nSPS) is 10.7. The lowest BCUT2D eigenvalue weighted by Gasteiger charge is -2.10. The number of hydrogen-bond donors (Lipinski definition) is 2. The Kier molecular flexibility index (Phi) is 4.30. The van der Waals surface area contributed by atoms with Gasteiger partial charge in [-0.15, -0.1) is 0 Å². The maximum atomic E-state index is 12.2. The molecular weight excluding hydrogens is 304 g/mol. The van der Waals surface area contributed by atoms with Crippen LogP contribution in [0.15, 0.2) is 15.7 Å². The second-order valence-electron chi connectivity index (χ2n) is 5.13. The standard InChI is InChI=1S/C14H16N4O5/c1-7-6-8(12(21)15-5-4-9(19)20)16-11-10(7)13(22)18(3)14(23)17(11)2/h6H,4-5H2,1-3H3,(H,15,21)(H,19,20). The molecule has 2 N–H and O–H groups in total. The van der Waals surface area contributed by atoms with E-state index in [4.69, 9.17) is 5.11 Å². The molecule has 0 spiro atoms. The first-order valence-corrected chi connectivity index (χ1v) is 6.81. The van der Waals surface area contributed by atoms with Crippen molar-refractivity contribution in [3.63, 3.8) is 0 Å². The molecule has 122 valence electrons. The highest BCUT2D eigenvalue weighted by atomic mass is 16.4. The number of rotatable bonds is 4. The molecule has 0 fully saturated rings. The van der Waals surface area contributed by atoms with Crippen LogP contribution in [0, 0.1) is 6.92 Å². The predicted molar refractivity (Wildman–Crippen MR) is 81.5 cm³/mol. The number of fused-ring (bicyclic) bond motifs is 1. The van der Waals surface area contributed by atoms with Crippen LogP contribution in [0.2, 0.25) is 0 Å². The summed E-state index contributed by atoms with van der Waals surface area (Å²) in [7, 11) is 2.83. The summed E-state index contributed by atoms with van der Waals surface area (Å²) in [5, 5.41) is 11.3. The molecule has 0 radical (unpaired) electrons. The molecule has 0 saturated carbocycles. The number of pyridine rings is 1. The van der Waals surface area contributed by atoms with Gasteiger partial charge in [0.05, 0.1) is 11.8 Å². The summed E-state index contributed by atoms with van der Waals surface area (Å²) < 4.78 is 2.17. The van der Waals surface area contributed by atoms with Gasteiger partial charge in [-0.3, -0.25) is 23.5 Å². The van der Waals surface area contributed by atoms with E-state index in [-0.39, 0.29) is 29.7 Å². The molecule has 2 aromatic rings. The fourth-order valence-electron chi connectivity index (χ4n) is 2.22. The smallest absolute Gasteiger partial charge is 0.332 e. The quantitative estimate of drug-likeness (QED) is 0.756. The molecule has 9 nitrogen and oxygen atoms in total. The van der Waals surface area contributed by atoms with Gasteiger partial charge in [0, 0.05) is 20.6 Å². The van der Waals surface area contributed by atoms with Gasteiger partial charge in [0.25, 0.3) is 11.5 Å². The average molecular weight is 320 g/mol. The lowest BCUT2D eigenvalue weighted by atomic mass is 10.1. The summed E-state index contributed by atoms with van der Waals surface area (Å²) in [6, 6.07) is 1.43. The van der Waals surface area contributed by atoms with Crippen LogP contribution in [0.4, 0.5) is 0 Å². The van der Waals surface area contributed by atoms with Crippen LogP contribution in [0.1, 0.15) is 22.5 Å². The number of carboxylic acids is 1. The summed E-state index contributed by atoms with van der Waals surface area (Å²) in [5.41, 5.74) is -0.386. The first kappa shape index (κ1) is 16.4. The molecule has 0 bridgehead atoms. The second kappa shape index (κ2) is 6.03. The number of amides is 1. The SMILES string of the molecule is Cc1cc(C(=O)NCCC(=O)O)nc2c1c(=O)n(C)c(=O)n2C. The monoisotopic (exact) mass is 320 g/mol. The lowest BCUT2D eigenvalue weighted by molar-refractivity contribution is -0.136. The zero-order valence-corrected chi connectivity index (χ0v) is 12.9. The molecule has 0 aliphatic heterocycles. The predicted octanol–water partition coefficient (Wildman–Crippen LogP) is -0.855. The minimum atomic E-state index is -1.03. The summed E-state index contributed by atoms with van der Waals surface area (Å²) >= 11 is 0. The van der Waals surface area contributed by atoms with Crippen molar-refractivity contribution in [3.05, 3.63) is 38.2 Å². The van der Waals surface area contributed by atoms with Gasteiger partial charge >= 0.3 is 11.7 Å². The lowest BCUT2D eigenvalue weighted by Crippen LogP contribution is -2.38. The molecule has 2 rings (SSSR count). The summed E-state index contributed by atoms with van der Waals surface area (Å²) in [6.45, 7) is 1.60. The Balaban J connectivity index is 2.54. The Bertz CT molecular complexity index is 925. The molecule has 2 heterocycles. The van der Waals surface area contributed by atoms with Crippen molar-refractivity contribution >= 4 is 22.9 Å². The number of aromatic nitrogens is 3. The molecule has 0 saturated heterocycles. The molecule has 0 aromatic carbocycles. The van der Waals surface area contributed by atoms with Crippen LogP contribution in [-0.4, -0.2) is 37.6 Å². The Labute approximate surface area is 130 Å². The number of nitrogens with zero attached hydrogens (tertiary/aromatic N) is 3. The number of carboxylic acid groups (broad SMARTS) is 1.